The van der Waals surface area contributed by atoms with Crippen molar-refractivity contribution in [2.24, 2.45) is 5.73 Å². The topological polar surface area (TPSA) is 68.9 Å². The van der Waals surface area contributed by atoms with Crippen LogP contribution in [0.2, 0.25) is 0 Å². The molecule has 4 nitrogen and oxygen atoms in total. The Hall–Kier alpha value is -1.57. The van der Waals surface area contributed by atoms with Crippen LogP contribution in [0.3, 0.4) is 0 Å². The number of hydrogen-bond donors (Lipinski definition) is 1. The summed E-state index contributed by atoms with van der Waals surface area (Å²) in [5.74, 6) is 0.740. The summed E-state index contributed by atoms with van der Waals surface area (Å²) < 4.78 is 1.68. The highest BCUT2D eigenvalue weighted by molar-refractivity contribution is 8.03. The van der Waals surface area contributed by atoms with Crippen molar-refractivity contribution < 1.29 is 4.79 Å². The molecule has 1 amide bonds. The number of benzene rings is 2. The van der Waals surface area contributed by atoms with Gasteiger partial charge in [-0.25, -0.2) is 0 Å². The summed E-state index contributed by atoms with van der Waals surface area (Å²) in [6.07, 6.45) is 0. The van der Waals surface area contributed by atoms with Crippen LogP contribution in [-0.4, -0.2) is 21.9 Å². The predicted molar refractivity (Wildman–Crippen MR) is 93.3 cm³/mol. The molecule has 0 saturated carbocycles. The predicted octanol–water partition coefficient (Wildman–Crippen LogP) is 3.56. The average Bonchev–Trinajstić information content (AvgIpc) is 2.99. The minimum atomic E-state index is -0.342. The fraction of sp³-hybridized carbons (Fsp3) is 0.133. The van der Waals surface area contributed by atoms with Gasteiger partial charge in [-0.1, -0.05) is 77.3 Å². The number of thioether (sulfide) groups is 2. The monoisotopic (exact) mass is 347 g/mol. The number of carbonyl (C=O) groups is 1. The summed E-state index contributed by atoms with van der Waals surface area (Å²) >= 11 is 4.48. The van der Waals surface area contributed by atoms with Gasteiger partial charge in [0, 0.05) is 5.75 Å². The third-order valence-electron chi connectivity index (χ3n) is 2.96. The highest BCUT2D eigenvalue weighted by atomic mass is 32.2. The van der Waals surface area contributed by atoms with Crippen LogP contribution in [0.25, 0.3) is 10.8 Å². The number of carbonyl (C=O) groups excluding carboxylic acids is 1. The van der Waals surface area contributed by atoms with Crippen LogP contribution in [0.15, 0.2) is 51.1 Å². The standard InChI is InChI=1S/C15H13N3OS3/c16-13(19)9-21-15-18-17-14(22-15)20-8-11-6-3-5-10-4-1-2-7-12(10)11/h1-7H,8-9H2,(H2,16,19). The molecule has 0 radical (unpaired) electrons. The van der Waals surface area contributed by atoms with Gasteiger partial charge in [-0.15, -0.1) is 10.2 Å². The normalized spacial score (nSPS) is 10.9. The lowest BCUT2D eigenvalue weighted by Gasteiger charge is -2.04. The van der Waals surface area contributed by atoms with Crippen molar-refractivity contribution in [2.75, 3.05) is 5.75 Å². The number of amides is 1. The minimum Gasteiger partial charge on any atom is -0.369 e. The van der Waals surface area contributed by atoms with Crippen LogP contribution in [0.1, 0.15) is 5.56 Å². The maximum atomic E-state index is 10.8. The van der Waals surface area contributed by atoms with Gasteiger partial charge >= 0.3 is 0 Å². The molecule has 7 heteroatoms. The van der Waals surface area contributed by atoms with E-state index in [0.717, 1.165) is 14.4 Å². The molecule has 0 atom stereocenters. The van der Waals surface area contributed by atoms with Crippen molar-refractivity contribution in [2.45, 2.75) is 14.4 Å². The Morgan fingerprint density at radius 3 is 2.59 bits per heavy atom. The number of primary amides is 1. The minimum absolute atomic E-state index is 0.239. The highest BCUT2D eigenvalue weighted by Crippen LogP contribution is 2.32. The number of nitrogens with two attached hydrogens (primary N) is 1. The molecule has 1 heterocycles. The Bertz CT molecular complexity index is 798. The van der Waals surface area contributed by atoms with Crippen LogP contribution in [0, 0.1) is 0 Å². The van der Waals surface area contributed by atoms with E-state index in [0.29, 0.717) is 0 Å². The Morgan fingerprint density at radius 1 is 1.05 bits per heavy atom. The molecular formula is C15H13N3OS3. The van der Waals surface area contributed by atoms with Gasteiger partial charge in [0.05, 0.1) is 5.75 Å². The summed E-state index contributed by atoms with van der Waals surface area (Å²) in [5, 5.41) is 10.7. The summed E-state index contributed by atoms with van der Waals surface area (Å²) in [7, 11) is 0. The smallest absolute Gasteiger partial charge is 0.227 e. The molecule has 0 spiro atoms. The second kappa shape index (κ2) is 7.13. The lowest BCUT2D eigenvalue weighted by Crippen LogP contribution is -2.12. The van der Waals surface area contributed by atoms with E-state index < -0.39 is 0 Å². The van der Waals surface area contributed by atoms with Crippen molar-refractivity contribution in [3.8, 4) is 0 Å². The molecule has 112 valence electrons. The molecule has 22 heavy (non-hydrogen) atoms. The summed E-state index contributed by atoms with van der Waals surface area (Å²) in [5.41, 5.74) is 6.41. The van der Waals surface area contributed by atoms with Crippen molar-refractivity contribution in [1.29, 1.82) is 0 Å². The molecule has 3 rings (SSSR count). The van der Waals surface area contributed by atoms with Gasteiger partial charge in [0.15, 0.2) is 8.68 Å². The molecular weight excluding hydrogens is 334 g/mol. The lowest BCUT2D eigenvalue weighted by molar-refractivity contribution is -0.115. The van der Waals surface area contributed by atoms with Crippen LogP contribution >= 0.6 is 34.9 Å². The maximum Gasteiger partial charge on any atom is 0.227 e. The largest absolute Gasteiger partial charge is 0.369 e. The highest BCUT2D eigenvalue weighted by Gasteiger charge is 2.08. The molecule has 0 bridgehead atoms. The molecule has 0 saturated heterocycles. The molecule has 0 fully saturated rings. The van der Waals surface area contributed by atoms with E-state index in [9.17, 15) is 4.79 Å². The SMILES string of the molecule is NC(=O)CSc1nnc(SCc2cccc3ccccc23)s1. The zero-order chi connectivity index (χ0) is 15.4. The number of fused-ring (bicyclic) bond motifs is 1. The number of aromatic nitrogens is 2. The van der Waals surface area contributed by atoms with Crippen molar-refractivity contribution in [3.63, 3.8) is 0 Å². The lowest BCUT2D eigenvalue weighted by atomic mass is 10.1. The third-order valence-corrected chi connectivity index (χ3v) is 6.22. The first-order chi connectivity index (χ1) is 10.7. The summed E-state index contributed by atoms with van der Waals surface area (Å²) in [6, 6.07) is 14.7. The van der Waals surface area contributed by atoms with Gasteiger partial charge in [0.1, 0.15) is 0 Å². The second-order valence-corrected chi connectivity index (χ2v) is 7.94. The first-order valence-corrected chi connectivity index (χ1v) is 9.35. The van der Waals surface area contributed by atoms with Gasteiger partial charge in [-0.2, -0.15) is 0 Å². The maximum absolute atomic E-state index is 10.8. The van der Waals surface area contributed by atoms with E-state index in [2.05, 4.69) is 46.6 Å². The zero-order valence-corrected chi connectivity index (χ0v) is 14.0. The molecule has 1 aromatic heterocycles. The van der Waals surface area contributed by atoms with E-state index in [4.69, 9.17) is 5.73 Å². The van der Waals surface area contributed by atoms with E-state index in [-0.39, 0.29) is 11.7 Å². The number of rotatable bonds is 6. The van der Waals surface area contributed by atoms with Gasteiger partial charge in [0.2, 0.25) is 5.91 Å². The number of hydrogen-bond acceptors (Lipinski definition) is 6. The van der Waals surface area contributed by atoms with Crippen molar-refractivity contribution >= 4 is 51.5 Å². The molecule has 0 aliphatic heterocycles. The Morgan fingerprint density at radius 2 is 1.77 bits per heavy atom. The quantitative estimate of drug-likeness (QED) is 0.691. The summed E-state index contributed by atoms with van der Waals surface area (Å²) in [6.45, 7) is 0. The fourth-order valence-corrected chi connectivity index (χ4v) is 4.77. The van der Waals surface area contributed by atoms with Crippen LogP contribution in [-0.2, 0) is 10.5 Å². The average molecular weight is 347 g/mol. The van der Waals surface area contributed by atoms with E-state index in [1.54, 1.807) is 11.8 Å². The van der Waals surface area contributed by atoms with Gasteiger partial charge < -0.3 is 5.73 Å². The Balaban J connectivity index is 1.68. The molecule has 2 N–H and O–H groups in total. The molecule has 0 unspecified atom stereocenters. The van der Waals surface area contributed by atoms with E-state index >= 15 is 0 Å². The van der Waals surface area contributed by atoms with Crippen LogP contribution in [0.4, 0.5) is 0 Å². The van der Waals surface area contributed by atoms with E-state index in [1.807, 2.05) is 6.07 Å². The summed E-state index contributed by atoms with van der Waals surface area (Å²) in [4.78, 5) is 10.8. The fourth-order valence-electron chi connectivity index (χ4n) is 2.00. The van der Waals surface area contributed by atoms with Crippen LogP contribution in [0.5, 0.6) is 0 Å². The van der Waals surface area contributed by atoms with Gasteiger partial charge in [-0.05, 0) is 16.3 Å². The molecule has 0 aliphatic carbocycles. The first-order valence-electron chi connectivity index (χ1n) is 6.56. The van der Waals surface area contributed by atoms with E-state index in [1.165, 1.54) is 39.4 Å². The Labute approximate surface area is 140 Å². The molecule has 0 aliphatic rings. The second-order valence-electron chi connectivity index (χ2n) is 4.52. The molecule has 3 aromatic rings. The van der Waals surface area contributed by atoms with Gasteiger partial charge in [0.25, 0.3) is 0 Å². The Kier molecular flexibility index (Phi) is 4.97. The molecule has 2 aromatic carbocycles. The van der Waals surface area contributed by atoms with Crippen molar-refractivity contribution in [3.05, 3.63) is 48.0 Å². The first kappa shape index (κ1) is 15.3. The zero-order valence-electron chi connectivity index (χ0n) is 11.6. The van der Waals surface area contributed by atoms with Crippen LogP contribution < -0.4 is 5.73 Å². The van der Waals surface area contributed by atoms with Crippen molar-refractivity contribution in [1.82, 2.24) is 10.2 Å². The van der Waals surface area contributed by atoms with Gasteiger partial charge in [-0.3, -0.25) is 4.79 Å². The third kappa shape index (κ3) is 3.79. The number of nitrogens with zero attached hydrogens (tertiary/aromatic N) is 2.